The number of para-hydroxylation sites is 2. The van der Waals surface area contributed by atoms with E-state index < -0.39 is 0 Å². The molecule has 0 fully saturated rings. The highest BCUT2D eigenvalue weighted by Gasteiger charge is 2.04. The van der Waals surface area contributed by atoms with Gasteiger partial charge in [-0.25, -0.2) is 0 Å². The molecule has 110 valence electrons. The van der Waals surface area contributed by atoms with E-state index in [-0.39, 0.29) is 12.5 Å². The Balaban J connectivity index is 1.63. The van der Waals surface area contributed by atoms with E-state index in [9.17, 15) is 4.79 Å². The van der Waals surface area contributed by atoms with Crippen molar-refractivity contribution in [2.45, 2.75) is 0 Å². The summed E-state index contributed by atoms with van der Waals surface area (Å²) in [4.78, 5) is 11.6. The molecular formula is C16H16INO3. The van der Waals surface area contributed by atoms with Crippen molar-refractivity contribution in [3.05, 3.63) is 58.2 Å². The van der Waals surface area contributed by atoms with Crippen LogP contribution in [0, 0.1) is 3.57 Å². The second-order valence-corrected chi connectivity index (χ2v) is 5.39. The molecule has 0 aliphatic rings. The van der Waals surface area contributed by atoms with Gasteiger partial charge < -0.3 is 14.8 Å². The minimum absolute atomic E-state index is 0.00531. The summed E-state index contributed by atoms with van der Waals surface area (Å²) in [5.74, 6) is 1.35. The number of amides is 1. The Labute approximate surface area is 137 Å². The molecule has 1 N–H and O–H groups in total. The number of ether oxygens (including phenoxy) is 2. The molecule has 2 aromatic rings. The van der Waals surface area contributed by atoms with Crippen LogP contribution in [0.3, 0.4) is 0 Å². The molecule has 0 spiro atoms. The molecule has 1 amide bonds. The maximum Gasteiger partial charge on any atom is 0.258 e. The van der Waals surface area contributed by atoms with Crippen LogP contribution in [0.4, 0.5) is 0 Å². The Morgan fingerprint density at radius 1 is 1.00 bits per heavy atom. The van der Waals surface area contributed by atoms with Gasteiger partial charge in [0.15, 0.2) is 6.61 Å². The van der Waals surface area contributed by atoms with Gasteiger partial charge in [0.05, 0.1) is 10.1 Å². The highest BCUT2D eigenvalue weighted by molar-refractivity contribution is 14.1. The van der Waals surface area contributed by atoms with Crippen molar-refractivity contribution in [2.75, 3.05) is 19.8 Å². The second-order valence-electron chi connectivity index (χ2n) is 4.23. The molecule has 0 radical (unpaired) electrons. The van der Waals surface area contributed by atoms with Crippen LogP contribution in [0.1, 0.15) is 0 Å². The average molecular weight is 397 g/mol. The lowest BCUT2D eigenvalue weighted by Gasteiger charge is -2.09. The molecule has 2 rings (SSSR count). The summed E-state index contributed by atoms with van der Waals surface area (Å²) in [6.07, 6.45) is 0. The number of hydrogen-bond donors (Lipinski definition) is 1. The van der Waals surface area contributed by atoms with E-state index in [4.69, 9.17) is 9.47 Å². The molecule has 5 heteroatoms. The third-order valence-electron chi connectivity index (χ3n) is 2.63. The second kappa shape index (κ2) is 8.51. The third-order valence-corrected chi connectivity index (χ3v) is 3.52. The zero-order valence-electron chi connectivity index (χ0n) is 11.4. The molecule has 0 aliphatic heterocycles. The smallest absolute Gasteiger partial charge is 0.258 e. The Kier molecular flexibility index (Phi) is 6.33. The summed E-state index contributed by atoms with van der Waals surface area (Å²) in [5.41, 5.74) is 0. The third kappa shape index (κ3) is 5.63. The average Bonchev–Trinajstić information content (AvgIpc) is 2.52. The van der Waals surface area contributed by atoms with Gasteiger partial charge in [0.2, 0.25) is 0 Å². The van der Waals surface area contributed by atoms with Crippen LogP contribution in [-0.4, -0.2) is 25.7 Å². The topological polar surface area (TPSA) is 47.6 Å². The maximum atomic E-state index is 11.6. The van der Waals surface area contributed by atoms with Crippen LogP contribution in [-0.2, 0) is 4.79 Å². The van der Waals surface area contributed by atoms with Crippen LogP contribution in [0.15, 0.2) is 54.6 Å². The van der Waals surface area contributed by atoms with Crippen molar-refractivity contribution in [1.29, 1.82) is 0 Å². The molecule has 2 aromatic carbocycles. The highest BCUT2D eigenvalue weighted by Crippen LogP contribution is 2.19. The van der Waals surface area contributed by atoms with Crippen LogP contribution in [0.2, 0.25) is 0 Å². The Morgan fingerprint density at radius 2 is 1.71 bits per heavy atom. The molecule has 0 atom stereocenters. The molecule has 0 bridgehead atoms. The summed E-state index contributed by atoms with van der Waals surface area (Å²) >= 11 is 2.17. The number of nitrogens with one attached hydrogen (secondary N) is 1. The summed E-state index contributed by atoms with van der Waals surface area (Å²) in [6.45, 7) is 0.882. The van der Waals surface area contributed by atoms with Gasteiger partial charge in [-0.2, -0.15) is 0 Å². The Bertz CT molecular complexity index is 575. The molecule has 21 heavy (non-hydrogen) atoms. The molecule has 0 heterocycles. The van der Waals surface area contributed by atoms with Gasteiger partial charge in [-0.15, -0.1) is 0 Å². The number of halogens is 1. The molecular weight excluding hydrogens is 381 g/mol. The van der Waals surface area contributed by atoms with Crippen LogP contribution in [0.25, 0.3) is 0 Å². The first-order valence-corrected chi connectivity index (χ1v) is 7.65. The number of rotatable bonds is 7. The lowest BCUT2D eigenvalue weighted by Crippen LogP contribution is -2.32. The van der Waals surface area contributed by atoms with Crippen LogP contribution < -0.4 is 14.8 Å². The molecule has 0 unspecified atom stereocenters. The quantitative estimate of drug-likeness (QED) is 0.578. The first-order valence-electron chi connectivity index (χ1n) is 6.57. The van der Waals surface area contributed by atoms with Crippen LogP contribution in [0.5, 0.6) is 11.5 Å². The molecule has 0 aromatic heterocycles. The number of carbonyl (C=O) groups is 1. The minimum Gasteiger partial charge on any atom is -0.492 e. The SMILES string of the molecule is O=C(COc1ccccc1I)NCCOc1ccccc1. The fourth-order valence-electron chi connectivity index (χ4n) is 1.63. The van der Waals surface area contributed by atoms with Gasteiger partial charge in [-0.05, 0) is 46.9 Å². The highest BCUT2D eigenvalue weighted by atomic mass is 127. The number of hydrogen-bond acceptors (Lipinski definition) is 3. The van der Waals surface area contributed by atoms with E-state index in [0.717, 1.165) is 9.32 Å². The zero-order chi connectivity index (χ0) is 14.9. The van der Waals surface area contributed by atoms with E-state index in [1.807, 2.05) is 54.6 Å². The first-order chi connectivity index (χ1) is 10.3. The van der Waals surface area contributed by atoms with Crippen molar-refractivity contribution in [2.24, 2.45) is 0 Å². The summed E-state index contributed by atoms with van der Waals surface area (Å²) in [7, 11) is 0. The molecule has 4 nitrogen and oxygen atoms in total. The van der Waals surface area contributed by atoms with Gasteiger partial charge >= 0.3 is 0 Å². The monoisotopic (exact) mass is 397 g/mol. The Morgan fingerprint density at radius 3 is 2.48 bits per heavy atom. The van der Waals surface area contributed by atoms with Crippen molar-refractivity contribution < 1.29 is 14.3 Å². The normalized spacial score (nSPS) is 9.95. The van der Waals surface area contributed by atoms with E-state index in [1.54, 1.807) is 0 Å². The van der Waals surface area contributed by atoms with E-state index >= 15 is 0 Å². The molecule has 0 saturated carbocycles. The van der Waals surface area contributed by atoms with Crippen molar-refractivity contribution >= 4 is 28.5 Å². The Hall–Kier alpha value is -1.76. The van der Waals surface area contributed by atoms with Crippen molar-refractivity contribution in [3.63, 3.8) is 0 Å². The van der Waals surface area contributed by atoms with Gasteiger partial charge in [-0.1, -0.05) is 30.3 Å². The number of benzene rings is 2. The number of carbonyl (C=O) groups excluding carboxylic acids is 1. The summed E-state index contributed by atoms with van der Waals surface area (Å²) in [5, 5.41) is 2.75. The van der Waals surface area contributed by atoms with Gasteiger partial charge in [-0.3, -0.25) is 4.79 Å². The zero-order valence-corrected chi connectivity index (χ0v) is 13.6. The largest absolute Gasteiger partial charge is 0.492 e. The summed E-state index contributed by atoms with van der Waals surface area (Å²) in [6, 6.07) is 17.1. The lowest BCUT2D eigenvalue weighted by atomic mass is 10.3. The fourth-order valence-corrected chi connectivity index (χ4v) is 2.18. The summed E-state index contributed by atoms with van der Waals surface area (Å²) < 4.78 is 11.9. The van der Waals surface area contributed by atoms with Crippen molar-refractivity contribution in [1.82, 2.24) is 5.32 Å². The van der Waals surface area contributed by atoms with Crippen molar-refractivity contribution in [3.8, 4) is 11.5 Å². The maximum absolute atomic E-state index is 11.6. The van der Waals surface area contributed by atoms with Gasteiger partial charge in [0, 0.05) is 0 Å². The standard InChI is InChI=1S/C16H16INO3/c17-14-8-4-5-9-15(14)21-12-16(19)18-10-11-20-13-6-2-1-3-7-13/h1-9H,10-12H2,(H,18,19). The van der Waals surface area contributed by atoms with Crippen LogP contribution >= 0.6 is 22.6 Å². The molecule has 0 saturated heterocycles. The van der Waals surface area contributed by atoms with E-state index in [0.29, 0.717) is 18.9 Å². The fraction of sp³-hybridized carbons (Fsp3) is 0.188. The van der Waals surface area contributed by atoms with E-state index in [2.05, 4.69) is 27.9 Å². The van der Waals surface area contributed by atoms with Gasteiger partial charge in [0.25, 0.3) is 5.91 Å². The van der Waals surface area contributed by atoms with E-state index in [1.165, 1.54) is 0 Å². The molecule has 0 aliphatic carbocycles. The predicted octanol–water partition coefficient (Wildman–Crippen LogP) is 2.87. The minimum atomic E-state index is -0.161. The lowest BCUT2D eigenvalue weighted by molar-refractivity contribution is -0.123. The predicted molar refractivity (Wildman–Crippen MR) is 89.6 cm³/mol. The van der Waals surface area contributed by atoms with Gasteiger partial charge in [0.1, 0.15) is 18.1 Å². The first kappa shape index (κ1) is 15.6.